The van der Waals surface area contributed by atoms with Crippen LogP contribution in [0.5, 0.6) is 0 Å². The second kappa shape index (κ2) is 9.40. The standard InChI is InChI=1S/C23H28F3N7O3S2/c1-12-7-32(8-13(2)27-12)17-6-15(38(34,35)31-23(9-24)10-36-11-23)5-16-18(19(14-3-4-14)30-33(16)17)21-28-29-22(37-21)20(25)26/h5-6,12-14,20,27,31H,3-4,7-11H2,1-2H3/t12-,13-/m0/s1. The summed E-state index contributed by atoms with van der Waals surface area (Å²) in [5.74, 6) is 0.673. The molecule has 3 aromatic rings. The number of sulfonamides is 1. The monoisotopic (exact) mass is 571 g/mol. The van der Waals surface area contributed by atoms with Gasteiger partial charge in [-0.2, -0.15) is 9.82 Å². The smallest absolute Gasteiger partial charge is 0.291 e. The Balaban J connectivity index is 1.56. The van der Waals surface area contributed by atoms with Crippen LogP contribution in [0.1, 0.15) is 49.7 Å². The number of halogens is 3. The highest BCUT2D eigenvalue weighted by atomic mass is 32.2. The molecule has 206 valence electrons. The average Bonchev–Trinajstić information content (AvgIpc) is 3.43. The fourth-order valence-corrected chi connectivity index (χ4v) is 7.31. The lowest BCUT2D eigenvalue weighted by atomic mass is 10.0. The van der Waals surface area contributed by atoms with Crippen LogP contribution in [-0.2, 0) is 14.8 Å². The number of anilines is 1. The van der Waals surface area contributed by atoms with Gasteiger partial charge in [0.15, 0.2) is 10.0 Å². The minimum atomic E-state index is -4.18. The lowest BCUT2D eigenvalue weighted by molar-refractivity contribution is -0.0725. The van der Waals surface area contributed by atoms with Crippen LogP contribution in [0, 0.1) is 0 Å². The molecule has 0 amide bonds. The van der Waals surface area contributed by atoms with Crippen molar-refractivity contribution < 1.29 is 26.3 Å². The topological polar surface area (TPSA) is 114 Å². The first kappa shape index (κ1) is 25.9. The first-order chi connectivity index (χ1) is 18.1. The van der Waals surface area contributed by atoms with Crippen molar-refractivity contribution in [2.45, 2.75) is 61.6 Å². The molecule has 1 aliphatic carbocycles. The van der Waals surface area contributed by atoms with E-state index in [-0.39, 0.29) is 41.1 Å². The van der Waals surface area contributed by atoms with Gasteiger partial charge in [0.2, 0.25) is 10.0 Å². The Hall–Kier alpha value is -2.33. The molecule has 3 fully saturated rings. The van der Waals surface area contributed by atoms with Gasteiger partial charge >= 0.3 is 0 Å². The molecule has 38 heavy (non-hydrogen) atoms. The van der Waals surface area contributed by atoms with E-state index in [1.165, 1.54) is 6.07 Å². The molecular formula is C23H28F3N7O3S2. The van der Waals surface area contributed by atoms with Crippen molar-refractivity contribution in [3.63, 3.8) is 0 Å². The molecule has 0 spiro atoms. The van der Waals surface area contributed by atoms with Crippen molar-refractivity contribution in [3.05, 3.63) is 22.8 Å². The van der Waals surface area contributed by atoms with E-state index in [1.807, 2.05) is 13.8 Å². The molecule has 0 radical (unpaired) electrons. The lowest BCUT2D eigenvalue weighted by Crippen LogP contribution is -2.63. The summed E-state index contributed by atoms with van der Waals surface area (Å²) < 4.78 is 77.0. The highest BCUT2D eigenvalue weighted by molar-refractivity contribution is 7.89. The number of rotatable bonds is 8. The van der Waals surface area contributed by atoms with Gasteiger partial charge in [-0.3, -0.25) is 0 Å². The second-order valence-corrected chi connectivity index (χ2v) is 13.2. The van der Waals surface area contributed by atoms with Gasteiger partial charge in [0.25, 0.3) is 6.43 Å². The van der Waals surface area contributed by atoms with Gasteiger partial charge in [-0.05, 0) is 32.8 Å². The zero-order valence-corrected chi connectivity index (χ0v) is 22.5. The molecule has 2 N–H and O–H groups in total. The fourth-order valence-electron chi connectivity index (χ4n) is 5.16. The number of pyridine rings is 1. The highest BCUT2D eigenvalue weighted by Gasteiger charge is 2.43. The zero-order chi connectivity index (χ0) is 26.8. The Morgan fingerprint density at radius 3 is 2.47 bits per heavy atom. The Labute approximate surface area is 221 Å². The van der Waals surface area contributed by atoms with Crippen molar-refractivity contribution in [1.82, 2.24) is 29.9 Å². The molecule has 2 atom stereocenters. The summed E-state index contributed by atoms with van der Waals surface area (Å²) in [6.45, 7) is 4.26. The molecular weight excluding hydrogens is 543 g/mol. The summed E-state index contributed by atoms with van der Waals surface area (Å²) in [7, 11) is -4.18. The van der Waals surface area contributed by atoms with Crippen LogP contribution in [0.2, 0.25) is 0 Å². The molecule has 0 unspecified atom stereocenters. The van der Waals surface area contributed by atoms with Gasteiger partial charge in [0.05, 0.1) is 34.9 Å². The highest BCUT2D eigenvalue weighted by Crippen LogP contribution is 2.47. The maximum absolute atomic E-state index is 13.8. The van der Waals surface area contributed by atoms with Crippen LogP contribution >= 0.6 is 11.3 Å². The lowest BCUT2D eigenvalue weighted by Gasteiger charge is -2.39. The molecule has 1 saturated carbocycles. The molecule has 0 bridgehead atoms. The Bertz CT molecular complexity index is 1450. The molecule has 5 heterocycles. The molecule has 2 aliphatic heterocycles. The molecule has 10 nitrogen and oxygen atoms in total. The van der Waals surface area contributed by atoms with Crippen LogP contribution in [0.3, 0.4) is 0 Å². The second-order valence-electron chi connectivity index (χ2n) is 10.5. The van der Waals surface area contributed by atoms with Crippen molar-refractivity contribution in [2.75, 3.05) is 37.9 Å². The van der Waals surface area contributed by atoms with Gasteiger partial charge in [-0.15, -0.1) is 10.2 Å². The van der Waals surface area contributed by atoms with Crippen LogP contribution in [0.25, 0.3) is 16.1 Å². The third-order valence-corrected chi connectivity index (χ3v) is 9.58. The van der Waals surface area contributed by atoms with E-state index in [2.05, 4.69) is 25.1 Å². The zero-order valence-electron chi connectivity index (χ0n) is 20.8. The van der Waals surface area contributed by atoms with Gasteiger partial charge in [0, 0.05) is 37.2 Å². The van der Waals surface area contributed by atoms with Crippen molar-refractivity contribution in [1.29, 1.82) is 0 Å². The molecule has 6 rings (SSSR count). The first-order valence-electron chi connectivity index (χ1n) is 12.5. The average molecular weight is 572 g/mol. The van der Waals surface area contributed by atoms with Crippen LogP contribution in [0.4, 0.5) is 19.0 Å². The number of aromatic nitrogens is 4. The normalized spacial score (nSPS) is 23.8. The maximum atomic E-state index is 13.8. The number of nitrogens with zero attached hydrogens (tertiary/aromatic N) is 5. The van der Waals surface area contributed by atoms with E-state index >= 15 is 0 Å². The predicted octanol–water partition coefficient (Wildman–Crippen LogP) is 2.87. The van der Waals surface area contributed by atoms with Crippen LogP contribution < -0.4 is 14.9 Å². The Morgan fingerprint density at radius 2 is 1.92 bits per heavy atom. The third kappa shape index (κ3) is 4.57. The molecule has 3 aromatic heterocycles. The molecule has 15 heteroatoms. The first-order valence-corrected chi connectivity index (χ1v) is 14.8. The third-order valence-electron chi connectivity index (χ3n) is 7.08. The number of nitrogens with one attached hydrogen (secondary N) is 2. The van der Waals surface area contributed by atoms with Crippen LogP contribution in [-0.4, -0.2) is 78.8 Å². The molecule has 2 saturated heterocycles. The quantitative estimate of drug-likeness (QED) is 0.425. The van der Waals surface area contributed by atoms with Gasteiger partial charge in [-0.25, -0.2) is 26.1 Å². The van der Waals surface area contributed by atoms with E-state index in [9.17, 15) is 21.6 Å². The van der Waals surface area contributed by atoms with Crippen molar-refractivity contribution in [3.8, 4) is 10.6 Å². The predicted molar refractivity (Wildman–Crippen MR) is 135 cm³/mol. The molecule has 3 aliphatic rings. The van der Waals surface area contributed by atoms with E-state index < -0.39 is 33.7 Å². The minimum absolute atomic E-state index is 0.0599. The number of piperazine rings is 1. The molecule has 0 aromatic carbocycles. The Morgan fingerprint density at radius 1 is 1.21 bits per heavy atom. The van der Waals surface area contributed by atoms with Gasteiger partial charge < -0.3 is 15.0 Å². The number of hydrogen-bond acceptors (Lipinski definition) is 9. The summed E-state index contributed by atoms with van der Waals surface area (Å²) in [5, 5.41) is 15.9. The van der Waals surface area contributed by atoms with Crippen LogP contribution in [0.15, 0.2) is 17.0 Å². The number of hydrogen-bond donors (Lipinski definition) is 2. The summed E-state index contributed by atoms with van der Waals surface area (Å²) >= 11 is 0.775. The maximum Gasteiger partial charge on any atom is 0.291 e. The van der Waals surface area contributed by atoms with Gasteiger partial charge in [0.1, 0.15) is 18.0 Å². The summed E-state index contributed by atoms with van der Waals surface area (Å²) in [6, 6.07) is 3.26. The summed E-state index contributed by atoms with van der Waals surface area (Å²) in [4.78, 5) is 1.99. The summed E-state index contributed by atoms with van der Waals surface area (Å²) in [5.41, 5.74) is 0.324. The fraction of sp³-hybridized carbons (Fsp3) is 0.609. The minimum Gasteiger partial charge on any atom is -0.377 e. The van der Waals surface area contributed by atoms with Gasteiger partial charge in [-0.1, -0.05) is 11.3 Å². The summed E-state index contributed by atoms with van der Waals surface area (Å²) in [6.07, 6.45) is -0.992. The SMILES string of the molecule is C[C@H]1CN(c2cc(S(=O)(=O)NC3(CF)COC3)cc3c(-c4nnc(C(F)F)s4)c(C4CC4)nn23)C[C@H](C)N1. The van der Waals surface area contributed by atoms with Crippen molar-refractivity contribution in [2.24, 2.45) is 0 Å². The number of ether oxygens (including phenoxy) is 1. The van der Waals surface area contributed by atoms with E-state index in [4.69, 9.17) is 9.84 Å². The van der Waals surface area contributed by atoms with Crippen molar-refractivity contribution >= 4 is 32.7 Å². The van der Waals surface area contributed by atoms with E-state index in [1.54, 1.807) is 10.6 Å². The Kier molecular flexibility index (Phi) is 6.41. The van der Waals surface area contributed by atoms with E-state index in [0.717, 1.165) is 24.2 Å². The number of alkyl halides is 3. The largest absolute Gasteiger partial charge is 0.377 e. The van der Waals surface area contributed by atoms with E-state index in [0.29, 0.717) is 35.7 Å². The number of fused-ring (bicyclic) bond motifs is 1.